The molecule has 3 aromatic carbocycles. The number of nitrogens with one attached hydrogen (secondary N) is 1. The zero-order valence-corrected chi connectivity index (χ0v) is 20.8. The quantitative estimate of drug-likeness (QED) is 0.353. The van der Waals surface area contributed by atoms with Crippen LogP contribution in [0.15, 0.2) is 54.6 Å². The van der Waals surface area contributed by atoms with Crippen LogP contribution >= 0.6 is 23.2 Å². The maximum absolute atomic E-state index is 10.9. The zero-order valence-electron chi connectivity index (χ0n) is 18.4. The van der Waals surface area contributed by atoms with E-state index in [1.807, 2.05) is 73.6 Å². The van der Waals surface area contributed by atoms with Crippen molar-refractivity contribution in [1.29, 1.82) is 5.26 Å². The van der Waals surface area contributed by atoms with Gasteiger partial charge in [0.15, 0.2) is 11.1 Å². The maximum atomic E-state index is 10.9. The molecule has 1 unspecified atom stereocenters. The van der Waals surface area contributed by atoms with Gasteiger partial charge in [-0.15, -0.1) is 0 Å². The first-order chi connectivity index (χ1) is 15.8. The zero-order chi connectivity index (χ0) is 24.0. The summed E-state index contributed by atoms with van der Waals surface area (Å²) >= 11 is 11.3. The van der Waals surface area contributed by atoms with Crippen LogP contribution in [0.1, 0.15) is 22.3 Å². The Labute approximate surface area is 207 Å². The molecule has 0 saturated carbocycles. The minimum Gasteiger partial charge on any atom is -0.385 e. The second kappa shape index (κ2) is 11.6. The molecule has 2 N–H and O–H groups in total. The van der Waals surface area contributed by atoms with E-state index < -0.39 is 11.1 Å². The van der Waals surface area contributed by atoms with E-state index >= 15 is 0 Å². The lowest BCUT2D eigenvalue weighted by molar-refractivity contribution is 0.402. The van der Waals surface area contributed by atoms with Crippen LogP contribution in [-0.4, -0.2) is 34.3 Å². The first-order valence-corrected chi connectivity index (χ1v) is 12.4. The van der Waals surface area contributed by atoms with Crippen molar-refractivity contribution in [2.45, 2.75) is 18.7 Å². The van der Waals surface area contributed by atoms with E-state index in [2.05, 4.69) is 11.4 Å². The number of hydrogen-bond donors (Lipinski definition) is 2. The molecule has 0 saturated heterocycles. The smallest absolute Gasteiger partial charge is 0.157 e. The number of nitriles is 1. The van der Waals surface area contributed by atoms with Crippen molar-refractivity contribution < 1.29 is 8.76 Å². The van der Waals surface area contributed by atoms with Gasteiger partial charge in [-0.2, -0.15) is 5.26 Å². The van der Waals surface area contributed by atoms with Crippen LogP contribution in [0, 0.1) is 11.3 Å². The van der Waals surface area contributed by atoms with Gasteiger partial charge in [0.05, 0.1) is 27.4 Å². The van der Waals surface area contributed by atoms with Gasteiger partial charge in [0.1, 0.15) is 0 Å². The first kappa shape index (κ1) is 25.2. The number of rotatable bonds is 9. The van der Waals surface area contributed by atoms with E-state index in [1.165, 1.54) is 0 Å². The molecule has 172 valence electrons. The molecular formula is C25H25Cl2N3O2S. The average molecular weight is 502 g/mol. The first-order valence-electron chi connectivity index (χ1n) is 10.3. The van der Waals surface area contributed by atoms with E-state index in [0.717, 1.165) is 34.4 Å². The molecular weight excluding hydrogens is 477 g/mol. The second-order valence-corrected chi connectivity index (χ2v) is 9.74. The molecule has 0 bridgehead atoms. The highest BCUT2D eigenvalue weighted by Crippen LogP contribution is 2.38. The van der Waals surface area contributed by atoms with Gasteiger partial charge >= 0.3 is 0 Å². The summed E-state index contributed by atoms with van der Waals surface area (Å²) < 4.78 is 19.9. The highest BCUT2D eigenvalue weighted by atomic mass is 35.5. The number of anilines is 1. The summed E-state index contributed by atoms with van der Waals surface area (Å²) in [6.45, 7) is 1.35. The van der Waals surface area contributed by atoms with Gasteiger partial charge in [-0.3, -0.25) is 0 Å². The Morgan fingerprint density at radius 3 is 2.24 bits per heavy atom. The molecule has 0 radical (unpaired) electrons. The van der Waals surface area contributed by atoms with E-state index in [-0.39, 0.29) is 5.75 Å². The molecule has 8 heteroatoms. The largest absolute Gasteiger partial charge is 0.385 e. The van der Waals surface area contributed by atoms with Crippen molar-refractivity contribution >= 4 is 40.0 Å². The fraction of sp³-hybridized carbons (Fsp3) is 0.240. The number of halogens is 2. The molecule has 33 heavy (non-hydrogen) atoms. The van der Waals surface area contributed by atoms with Crippen molar-refractivity contribution in [3.63, 3.8) is 0 Å². The Morgan fingerprint density at radius 1 is 1.03 bits per heavy atom. The third-order valence-electron chi connectivity index (χ3n) is 5.10. The molecule has 0 fully saturated rings. The predicted octanol–water partition coefficient (Wildman–Crippen LogP) is 5.97. The van der Waals surface area contributed by atoms with Crippen LogP contribution in [0.5, 0.6) is 0 Å². The average Bonchev–Trinajstić information content (AvgIpc) is 2.74. The van der Waals surface area contributed by atoms with Gasteiger partial charge < -0.3 is 14.8 Å². The van der Waals surface area contributed by atoms with Gasteiger partial charge in [0, 0.05) is 24.3 Å². The molecule has 3 rings (SSSR count). The molecule has 0 amide bonds. The fourth-order valence-corrected chi connectivity index (χ4v) is 4.74. The number of nitrogens with zero attached hydrogens (tertiary/aromatic N) is 2. The fourth-order valence-electron chi connectivity index (χ4n) is 3.56. The lowest BCUT2D eigenvalue weighted by atomic mass is 9.99. The highest BCUT2D eigenvalue weighted by molar-refractivity contribution is 7.78. The van der Waals surface area contributed by atoms with Crippen molar-refractivity contribution in [3.05, 3.63) is 86.9 Å². The van der Waals surface area contributed by atoms with Crippen molar-refractivity contribution in [2.24, 2.45) is 0 Å². The molecule has 1 atom stereocenters. The SMILES string of the molecule is CN(C)Cc1ccc(-c2c(Cl)cc(NCCc3ccc(CS(=O)O)cc3)cc2Cl)cc1C#N. The summed E-state index contributed by atoms with van der Waals surface area (Å²) in [4.78, 5) is 2.02. The Bertz CT molecular complexity index is 1170. The minimum atomic E-state index is -1.83. The van der Waals surface area contributed by atoms with E-state index in [1.54, 1.807) is 0 Å². The highest BCUT2D eigenvalue weighted by Gasteiger charge is 2.13. The number of hydrogen-bond acceptors (Lipinski definition) is 4. The third-order valence-corrected chi connectivity index (χ3v) is 6.28. The van der Waals surface area contributed by atoms with E-state index in [0.29, 0.717) is 34.3 Å². The van der Waals surface area contributed by atoms with Crippen molar-refractivity contribution in [1.82, 2.24) is 4.90 Å². The summed E-state index contributed by atoms with van der Waals surface area (Å²) in [5.41, 5.74) is 5.82. The molecule has 0 spiro atoms. The topological polar surface area (TPSA) is 76.4 Å². The van der Waals surface area contributed by atoms with Crippen LogP contribution in [0.4, 0.5) is 5.69 Å². The van der Waals surface area contributed by atoms with Crippen LogP contribution in [0.3, 0.4) is 0 Å². The molecule has 0 aliphatic carbocycles. The van der Waals surface area contributed by atoms with Crippen molar-refractivity contribution in [2.75, 3.05) is 26.0 Å². The molecule has 0 aromatic heterocycles. The predicted molar refractivity (Wildman–Crippen MR) is 137 cm³/mol. The lowest BCUT2D eigenvalue weighted by Crippen LogP contribution is -2.11. The third kappa shape index (κ3) is 7.04. The Kier molecular flexibility index (Phi) is 8.90. The molecule has 0 heterocycles. The second-order valence-electron chi connectivity index (χ2n) is 8.00. The Hall–Kier alpha value is -2.40. The van der Waals surface area contributed by atoms with E-state index in [4.69, 9.17) is 27.8 Å². The minimum absolute atomic E-state index is 0.135. The standard InChI is InChI=1S/C25H25Cl2N3O2S/c1-30(2)15-20-8-7-19(11-21(20)14-28)25-23(26)12-22(13-24(25)27)29-10-9-17-3-5-18(6-4-17)16-33(31)32/h3-8,11-13,29H,9-10,15-16H2,1-2H3,(H,31,32). The summed E-state index contributed by atoms with van der Waals surface area (Å²) in [5, 5.41) is 13.9. The molecule has 5 nitrogen and oxygen atoms in total. The van der Waals surface area contributed by atoms with Crippen molar-refractivity contribution in [3.8, 4) is 17.2 Å². The lowest BCUT2D eigenvalue weighted by Gasteiger charge is -2.15. The monoisotopic (exact) mass is 501 g/mol. The summed E-state index contributed by atoms with van der Waals surface area (Å²) in [6, 6.07) is 19.3. The molecule has 0 aliphatic rings. The van der Waals surface area contributed by atoms with Gasteiger partial charge in [-0.25, -0.2) is 4.21 Å². The van der Waals surface area contributed by atoms with Gasteiger partial charge in [0.2, 0.25) is 0 Å². The Morgan fingerprint density at radius 2 is 1.67 bits per heavy atom. The summed E-state index contributed by atoms with van der Waals surface area (Å²) in [5.74, 6) is 0.135. The maximum Gasteiger partial charge on any atom is 0.157 e. The Balaban J connectivity index is 1.70. The van der Waals surface area contributed by atoms with Crippen LogP contribution in [-0.2, 0) is 29.8 Å². The van der Waals surface area contributed by atoms with E-state index in [9.17, 15) is 9.47 Å². The summed E-state index contributed by atoms with van der Waals surface area (Å²) in [6.07, 6.45) is 0.776. The van der Waals surface area contributed by atoms with Crippen LogP contribution < -0.4 is 5.32 Å². The number of benzene rings is 3. The van der Waals surface area contributed by atoms with Crippen LogP contribution in [0.2, 0.25) is 10.0 Å². The van der Waals surface area contributed by atoms with Crippen LogP contribution in [0.25, 0.3) is 11.1 Å². The molecule has 0 aliphatic heterocycles. The van der Waals surface area contributed by atoms with Gasteiger partial charge in [-0.05, 0) is 61.0 Å². The molecule has 3 aromatic rings. The van der Waals surface area contributed by atoms with Gasteiger partial charge in [-0.1, -0.05) is 59.6 Å². The van der Waals surface area contributed by atoms with Gasteiger partial charge in [0.25, 0.3) is 0 Å². The normalized spacial score (nSPS) is 11.9. The summed E-state index contributed by atoms with van der Waals surface area (Å²) in [7, 11) is 3.92.